The highest BCUT2D eigenvalue weighted by atomic mass is 35.5. The number of rotatable bonds is 4. The number of fused-ring (bicyclic) bond motifs is 1. The second-order valence-corrected chi connectivity index (χ2v) is 7.98. The van der Waals surface area contributed by atoms with Crippen LogP contribution >= 0.6 is 11.6 Å². The van der Waals surface area contributed by atoms with Crippen LogP contribution in [0.2, 0.25) is 5.15 Å². The van der Waals surface area contributed by atoms with Crippen LogP contribution < -0.4 is 16.0 Å². The molecule has 0 saturated carbocycles. The van der Waals surface area contributed by atoms with E-state index in [-0.39, 0.29) is 11.6 Å². The van der Waals surface area contributed by atoms with Crippen LogP contribution in [0.5, 0.6) is 0 Å². The number of piperazine rings is 1. The molecule has 0 aliphatic carbocycles. The van der Waals surface area contributed by atoms with E-state index in [9.17, 15) is 0 Å². The Morgan fingerprint density at radius 2 is 2.17 bits per heavy atom. The van der Waals surface area contributed by atoms with Crippen LogP contribution in [0.25, 0.3) is 17.2 Å². The Morgan fingerprint density at radius 1 is 1.34 bits per heavy atom. The van der Waals surface area contributed by atoms with Crippen molar-refractivity contribution in [2.45, 2.75) is 25.4 Å². The monoisotopic (exact) mass is 411 g/mol. The molecule has 1 aliphatic heterocycles. The van der Waals surface area contributed by atoms with Gasteiger partial charge in [0.05, 0.1) is 18.4 Å². The molecule has 1 fully saturated rings. The van der Waals surface area contributed by atoms with Gasteiger partial charge in [-0.2, -0.15) is 0 Å². The van der Waals surface area contributed by atoms with Gasteiger partial charge in [0.25, 0.3) is 0 Å². The third kappa shape index (κ3) is 3.79. The Kier molecular flexibility index (Phi) is 4.93. The molecule has 0 amide bonds. The van der Waals surface area contributed by atoms with E-state index < -0.39 is 0 Å². The van der Waals surface area contributed by atoms with E-state index in [1.165, 1.54) is 12.4 Å². The fourth-order valence-corrected chi connectivity index (χ4v) is 3.78. The van der Waals surface area contributed by atoms with Gasteiger partial charge < -0.3 is 21.4 Å². The van der Waals surface area contributed by atoms with Crippen LogP contribution in [0.3, 0.4) is 0 Å². The molecule has 9 nitrogen and oxygen atoms in total. The van der Waals surface area contributed by atoms with Crippen molar-refractivity contribution in [1.82, 2.24) is 29.7 Å². The van der Waals surface area contributed by atoms with Crippen LogP contribution in [0.1, 0.15) is 13.8 Å². The van der Waals surface area contributed by atoms with Gasteiger partial charge in [-0.3, -0.25) is 4.40 Å². The number of nitrogens with one attached hydrogen (secondary N) is 2. The Balaban J connectivity index is 1.71. The predicted molar refractivity (Wildman–Crippen MR) is 113 cm³/mol. The van der Waals surface area contributed by atoms with Crippen molar-refractivity contribution < 1.29 is 0 Å². The molecule has 0 spiro atoms. The van der Waals surface area contributed by atoms with Gasteiger partial charge >= 0.3 is 0 Å². The van der Waals surface area contributed by atoms with Gasteiger partial charge in [0.1, 0.15) is 16.7 Å². The number of halogens is 1. The van der Waals surface area contributed by atoms with Gasteiger partial charge in [-0.15, -0.1) is 0 Å². The minimum atomic E-state index is -0.187. The van der Waals surface area contributed by atoms with Crippen LogP contribution in [0.4, 0.5) is 5.82 Å². The van der Waals surface area contributed by atoms with E-state index in [1.54, 1.807) is 24.8 Å². The minimum Gasteiger partial charge on any atom is -0.404 e. The second-order valence-electron chi connectivity index (χ2n) is 7.59. The smallest absolute Gasteiger partial charge is 0.180 e. The van der Waals surface area contributed by atoms with Crippen LogP contribution in [0.15, 0.2) is 42.6 Å². The molecular weight excluding hydrogens is 390 g/mol. The maximum absolute atomic E-state index is 7.64. The van der Waals surface area contributed by atoms with Gasteiger partial charge in [0.2, 0.25) is 0 Å². The topological polar surface area (TPSA) is 121 Å². The molecular formula is C19H22ClN9. The third-order valence-electron chi connectivity index (χ3n) is 4.87. The summed E-state index contributed by atoms with van der Waals surface area (Å²) < 4.78 is 1.82. The average Bonchev–Trinajstić information content (AvgIpc) is 3.11. The molecule has 150 valence electrons. The number of nitrogens with zero attached hydrogens (tertiary/aromatic N) is 6. The largest absolute Gasteiger partial charge is 0.404 e. The number of nitrogens with two attached hydrogens (primary N) is 1. The van der Waals surface area contributed by atoms with Gasteiger partial charge in [0, 0.05) is 49.0 Å². The molecule has 1 unspecified atom stereocenters. The first-order chi connectivity index (χ1) is 13.9. The Bertz CT molecular complexity index is 1090. The van der Waals surface area contributed by atoms with Gasteiger partial charge in [0.15, 0.2) is 11.5 Å². The van der Waals surface area contributed by atoms with Crippen LogP contribution in [0, 0.1) is 5.41 Å². The normalized spacial score (nSPS) is 19.5. The fraction of sp³-hybridized carbons (Fsp3) is 0.316. The van der Waals surface area contributed by atoms with E-state index in [4.69, 9.17) is 27.7 Å². The number of imidazole rings is 1. The summed E-state index contributed by atoms with van der Waals surface area (Å²) >= 11 is 6.04. The highest BCUT2D eigenvalue weighted by Gasteiger charge is 2.34. The summed E-state index contributed by atoms with van der Waals surface area (Å²) in [7, 11) is 0. The zero-order chi connectivity index (χ0) is 20.6. The third-order valence-corrected chi connectivity index (χ3v) is 5.07. The Morgan fingerprint density at radius 3 is 2.93 bits per heavy atom. The van der Waals surface area contributed by atoms with Crippen molar-refractivity contribution >= 4 is 29.3 Å². The van der Waals surface area contributed by atoms with Crippen molar-refractivity contribution in [2.75, 3.05) is 18.0 Å². The van der Waals surface area contributed by atoms with Crippen molar-refractivity contribution in [3.05, 3.63) is 47.8 Å². The van der Waals surface area contributed by atoms with Crippen molar-refractivity contribution in [1.29, 1.82) is 5.41 Å². The number of aromatic nitrogens is 5. The SMILES string of the molecule is CC1(C)CN(c2ccnc(-c3cnc4cnc(Cl)cn34)n2)CC(/C(C=N)=C/N)N1. The molecule has 10 heteroatoms. The van der Waals surface area contributed by atoms with Crippen molar-refractivity contribution in [2.24, 2.45) is 5.73 Å². The zero-order valence-electron chi connectivity index (χ0n) is 16.2. The Labute approximate surface area is 173 Å². The summed E-state index contributed by atoms with van der Waals surface area (Å²) in [4.78, 5) is 19.8. The molecule has 0 bridgehead atoms. The minimum absolute atomic E-state index is 0.0691. The first-order valence-corrected chi connectivity index (χ1v) is 9.55. The summed E-state index contributed by atoms with van der Waals surface area (Å²) in [5, 5.41) is 11.6. The van der Waals surface area contributed by atoms with Crippen molar-refractivity contribution in [3.63, 3.8) is 0 Å². The fourth-order valence-electron chi connectivity index (χ4n) is 3.63. The molecule has 4 heterocycles. The lowest BCUT2D eigenvalue weighted by molar-refractivity contribution is 0.312. The highest BCUT2D eigenvalue weighted by Crippen LogP contribution is 2.25. The first kappa shape index (κ1) is 19.3. The molecule has 1 saturated heterocycles. The molecule has 0 aromatic carbocycles. The first-order valence-electron chi connectivity index (χ1n) is 9.17. The van der Waals surface area contributed by atoms with Gasteiger partial charge in [-0.25, -0.2) is 19.9 Å². The zero-order valence-corrected chi connectivity index (χ0v) is 16.9. The summed E-state index contributed by atoms with van der Waals surface area (Å²) in [6.07, 6.45) is 9.52. The lowest BCUT2D eigenvalue weighted by Crippen LogP contribution is -2.63. The van der Waals surface area contributed by atoms with E-state index in [1.807, 2.05) is 10.5 Å². The second kappa shape index (κ2) is 7.41. The Hall–Kier alpha value is -3.04. The van der Waals surface area contributed by atoms with Gasteiger partial charge in [-0.1, -0.05) is 11.6 Å². The quantitative estimate of drug-likeness (QED) is 0.560. The van der Waals surface area contributed by atoms with E-state index in [0.717, 1.165) is 23.6 Å². The number of hydrogen-bond donors (Lipinski definition) is 3. The average molecular weight is 412 g/mol. The lowest BCUT2D eigenvalue weighted by atomic mass is 9.95. The summed E-state index contributed by atoms with van der Waals surface area (Å²) in [6, 6.07) is 1.82. The molecule has 1 aliphatic rings. The maximum atomic E-state index is 7.64. The van der Waals surface area contributed by atoms with Crippen LogP contribution in [-0.4, -0.2) is 55.2 Å². The highest BCUT2D eigenvalue weighted by molar-refractivity contribution is 6.29. The standard InChI is InChI=1S/C19H22ClN9/c1-19(2)11-28(9-13(27-19)12(5-21)6-22)16-3-4-23-18(26-16)14-7-25-17-8-24-15(20)10-29(14)17/h3-8,10,13,21,27H,9,11,22H2,1-2H3/b12-6+,21-5?. The lowest BCUT2D eigenvalue weighted by Gasteiger charge is -2.44. The van der Waals surface area contributed by atoms with E-state index in [0.29, 0.717) is 23.2 Å². The van der Waals surface area contributed by atoms with Crippen molar-refractivity contribution in [3.8, 4) is 11.5 Å². The summed E-state index contributed by atoms with van der Waals surface area (Å²) in [6.45, 7) is 5.62. The van der Waals surface area contributed by atoms with Crippen LogP contribution in [-0.2, 0) is 0 Å². The molecule has 3 aromatic rings. The maximum Gasteiger partial charge on any atom is 0.180 e. The molecule has 4 N–H and O–H groups in total. The predicted octanol–water partition coefficient (Wildman–Crippen LogP) is 1.89. The number of hydrogen-bond acceptors (Lipinski definition) is 8. The summed E-state index contributed by atoms with van der Waals surface area (Å²) in [5.74, 6) is 1.35. The van der Waals surface area contributed by atoms with E-state index >= 15 is 0 Å². The molecule has 0 radical (unpaired) electrons. The molecule has 4 rings (SSSR count). The molecule has 1 atom stereocenters. The number of anilines is 1. The molecule has 29 heavy (non-hydrogen) atoms. The summed E-state index contributed by atoms with van der Waals surface area (Å²) in [5.41, 5.74) is 7.67. The van der Waals surface area contributed by atoms with Gasteiger partial charge in [-0.05, 0) is 19.9 Å². The molecule has 3 aromatic heterocycles. The van der Waals surface area contributed by atoms with E-state index in [2.05, 4.69) is 39.0 Å².